The van der Waals surface area contributed by atoms with Crippen LogP contribution < -0.4 is 10.2 Å². The van der Waals surface area contributed by atoms with Crippen molar-refractivity contribution in [1.82, 2.24) is 10.2 Å². The number of hydrogen-bond acceptors (Lipinski definition) is 3. The average molecular weight is 316 g/mol. The van der Waals surface area contributed by atoms with Crippen LogP contribution in [-0.4, -0.2) is 50.7 Å². The number of nitrogens with zero attached hydrogens (tertiary/aromatic N) is 2. The van der Waals surface area contributed by atoms with E-state index in [0.717, 1.165) is 45.3 Å². The molecule has 0 unspecified atom stereocenters. The highest BCUT2D eigenvalue weighted by molar-refractivity contribution is 6.29. The lowest BCUT2D eigenvalue weighted by Crippen LogP contribution is -2.48. The Hall–Kier alpha value is -1.17. The molecule has 1 heterocycles. The molecule has 1 N–H and O–H groups in total. The van der Waals surface area contributed by atoms with Gasteiger partial charge >= 0.3 is 0 Å². The number of nitrogens with one attached hydrogen (secondary N) is 1. The SMILES string of the molecule is C=C(Cl)CNCCN1CCN(c2ccc(F)cc2F)CC1. The van der Waals surface area contributed by atoms with E-state index in [-0.39, 0.29) is 0 Å². The van der Waals surface area contributed by atoms with E-state index in [4.69, 9.17) is 11.6 Å². The monoisotopic (exact) mass is 315 g/mol. The van der Waals surface area contributed by atoms with Crippen molar-refractivity contribution in [1.29, 1.82) is 0 Å². The standard InChI is InChI=1S/C15H20ClF2N3/c1-12(16)11-19-4-5-20-6-8-21(9-7-20)15-3-2-13(17)10-14(15)18/h2-3,10,19H,1,4-9,11H2. The third-order valence-electron chi connectivity index (χ3n) is 3.54. The molecule has 1 fully saturated rings. The van der Waals surface area contributed by atoms with Crippen molar-refractivity contribution in [3.8, 4) is 0 Å². The first kappa shape index (κ1) is 16.2. The van der Waals surface area contributed by atoms with Gasteiger partial charge in [-0.3, -0.25) is 4.90 Å². The van der Waals surface area contributed by atoms with Gasteiger partial charge in [0.2, 0.25) is 0 Å². The Morgan fingerprint density at radius 1 is 1.24 bits per heavy atom. The Morgan fingerprint density at radius 3 is 2.57 bits per heavy atom. The molecular formula is C15H20ClF2N3. The molecule has 0 radical (unpaired) electrons. The van der Waals surface area contributed by atoms with Crippen LogP contribution in [-0.2, 0) is 0 Å². The zero-order chi connectivity index (χ0) is 15.2. The summed E-state index contributed by atoms with van der Waals surface area (Å²) in [4.78, 5) is 4.27. The Morgan fingerprint density at radius 2 is 1.95 bits per heavy atom. The fraction of sp³-hybridized carbons (Fsp3) is 0.467. The van der Waals surface area contributed by atoms with Crippen molar-refractivity contribution >= 4 is 17.3 Å². The van der Waals surface area contributed by atoms with E-state index in [2.05, 4.69) is 16.8 Å². The van der Waals surface area contributed by atoms with Crippen LogP contribution in [0.15, 0.2) is 29.8 Å². The molecule has 21 heavy (non-hydrogen) atoms. The summed E-state index contributed by atoms with van der Waals surface area (Å²) in [5, 5.41) is 3.81. The van der Waals surface area contributed by atoms with E-state index in [1.165, 1.54) is 12.1 Å². The molecule has 0 saturated carbocycles. The van der Waals surface area contributed by atoms with Crippen molar-refractivity contribution in [3.63, 3.8) is 0 Å². The van der Waals surface area contributed by atoms with Gasteiger partial charge in [0.15, 0.2) is 0 Å². The van der Waals surface area contributed by atoms with E-state index in [1.54, 1.807) is 0 Å². The second kappa shape index (κ2) is 7.73. The second-order valence-electron chi connectivity index (χ2n) is 5.12. The number of halogens is 3. The van der Waals surface area contributed by atoms with Gasteiger partial charge in [-0.25, -0.2) is 8.78 Å². The summed E-state index contributed by atoms with van der Waals surface area (Å²) in [6, 6.07) is 3.74. The summed E-state index contributed by atoms with van der Waals surface area (Å²) >= 11 is 5.67. The molecule has 0 aliphatic carbocycles. The zero-order valence-corrected chi connectivity index (χ0v) is 12.7. The predicted octanol–water partition coefficient (Wildman–Crippen LogP) is 2.43. The molecule has 0 aromatic heterocycles. The fourth-order valence-corrected chi connectivity index (χ4v) is 2.51. The quantitative estimate of drug-likeness (QED) is 0.814. The summed E-state index contributed by atoms with van der Waals surface area (Å²) in [6.45, 7) is 9.20. The molecule has 1 aromatic rings. The van der Waals surface area contributed by atoms with Crippen LogP contribution in [0.2, 0.25) is 0 Å². The first-order valence-electron chi connectivity index (χ1n) is 7.02. The molecule has 1 aromatic carbocycles. The van der Waals surface area contributed by atoms with E-state index < -0.39 is 11.6 Å². The van der Waals surface area contributed by atoms with E-state index in [1.807, 2.05) is 4.90 Å². The fourth-order valence-electron chi connectivity index (χ4n) is 2.41. The molecule has 3 nitrogen and oxygen atoms in total. The van der Waals surface area contributed by atoms with Crippen LogP contribution >= 0.6 is 11.6 Å². The molecule has 1 aliphatic rings. The van der Waals surface area contributed by atoms with Gasteiger partial charge in [0.1, 0.15) is 11.6 Å². The first-order chi connectivity index (χ1) is 10.1. The van der Waals surface area contributed by atoms with Crippen LogP contribution in [0.5, 0.6) is 0 Å². The Labute approximate surface area is 129 Å². The Balaban J connectivity index is 1.76. The second-order valence-corrected chi connectivity index (χ2v) is 5.65. The lowest BCUT2D eigenvalue weighted by molar-refractivity contribution is 0.258. The van der Waals surface area contributed by atoms with Crippen LogP contribution in [0.3, 0.4) is 0 Å². The number of anilines is 1. The number of piperazine rings is 1. The van der Waals surface area contributed by atoms with Crippen LogP contribution in [0, 0.1) is 11.6 Å². The topological polar surface area (TPSA) is 18.5 Å². The molecule has 2 rings (SSSR count). The van der Waals surface area contributed by atoms with Gasteiger partial charge in [-0.05, 0) is 12.1 Å². The highest BCUT2D eigenvalue weighted by atomic mass is 35.5. The van der Waals surface area contributed by atoms with Crippen molar-refractivity contribution in [3.05, 3.63) is 41.4 Å². The maximum atomic E-state index is 13.7. The highest BCUT2D eigenvalue weighted by Gasteiger charge is 2.19. The minimum absolute atomic E-state index is 0.479. The van der Waals surface area contributed by atoms with Crippen LogP contribution in [0.4, 0.5) is 14.5 Å². The molecular weight excluding hydrogens is 296 g/mol. The number of hydrogen-bond donors (Lipinski definition) is 1. The highest BCUT2D eigenvalue weighted by Crippen LogP contribution is 2.21. The van der Waals surface area contributed by atoms with E-state index in [0.29, 0.717) is 17.3 Å². The maximum absolute atomic E-state index is 13.7. The average Bonchev–Trinajstić information content (AvgIpc) is 2.44. The van der Waals surface area contributed by atoms with Gasteiger partial charge in [-0.15, -0.1) is 0 Å². The van der Waals surface area contributed by atoms with Crippen molar-refractivity contribution < 1.29 is 8.78 Å². The molecule has 116 valence electrons. The van der Waals surface area contributed by atoms with Crippen molar-refractivity contribution in [2.24, 2.45) is 0 Å². The zero-order valence-electron chi connectivity index (χ0n) is 11.9. The van der Waals surface area contributed by atoms with Crippen molar-refractivity contribution in [2.75, 3.05) is 50.7 Å². The Bertz CT molecular complexity index is 488. The molecule has 0 bridgehead atoms. The normalized spacial score (nSPS) is 16.2. The Kier molecular flexibility index (Phi) is 5.96. The third kappa shape index (κ3) is 4.95. The summed E-state index contributed by atoms with van der Waals surface area (Å²) in [6.07, 6.45) is 0. The summed E-state index contributed by atoms with van der Waals surface area (Å²) < 4.78 is 26.6. The molecule has 0 spiro atoms. The third-order valence-corrected chi connectivity index (χ3v) is 3.68. The van der Waals surface area contributed by atoms with Gasteiger partial charge < -0.3 is 10.2 Å². The summed E-state index contributed by atoms with van der Waals surface area (Å²) in [5.74, 6) is -1.03. The maximum Gasteiger partial charge on any atom is 0.149 e. The van der Waals surface area contributed by atoms with Gasteiger partial charge in [0.05, 0.1) is 5.69 Å². The van der Waals surface area contributed by atoms with Crippen molar-refractivity contribution in [2.45, 2.75) is 0 Å². The van der Waals surface area contributed by atoms with Gasteiger partial charge in [0, 0.05) is 56.9 Å². The molecule has 6 heteroatoms. The van der Waals surface area contributed by atoms with Gasteiger partial charge in [-0.2, -0.15) is 0 Å². The minimum Gasteiger partial charge on any atom is -0.367 e. The lowest BCUT2D eigenvalue weighted by Gasteiger charge is -2.36. The number of rotatable bonds is 6. The largest absolute Gasteiger partial charge is 0.367 e. The van der Waals surface area contributed by atoms with E-state index >= 15 is 0 Å². The summed E-state index contributed by atoms with van der Waals surface area (Å²) in [7, 11) is 0. The van der Waals surface area contributed by atoms with E-state index in [9.17, 15) is 8.78 Å². The van der Waals surface area contributed by atoms with Gasteiger partial charge in [0.25, 0.3) is 0 Å². The predicted molar refractivity (Wildman–Crippen MR) is 82.9 cm³/mol. The van der Waals surface area contributed by atoms with Gasteiger partial charge in [-0.1, -0.05) is 18.2 Å². The molecule has 1 aliphatic heterocycles. The number of benzene rings is 1. The minimum atomic E-state index is -0.540. The molecule has 1 saturated heterocycles. The molecule has 0 amide bonds. The molecule has 0 atom stereocenters. The van der Waals surface area contributed by atoms with Crippen LogP contribution in [0.1, 0.15) is 0 Å². The summed E-state index contributed by atoms with van der Waals surface area (Å²) in [5.41, 5.74) is 0.479. The smallest absolute Gasteiger partial charge is 0.149 e. The first-order valence-corrected chi connectivity index (χ1v) is 7.40. The lowest BCUT2D eigenvalue weighted by atomic mass is 10.2. The van der Waals surface area contributed by atoms with Crippen LogP contribution in [0.25, 0.3) is 0 Å².